The van der Waals surface area contributed by atoms with Crippen LogP contribution in [0.2, 0.25) is 0 Å². The van der Waals surface area contributed by atoms with Crippen molar-refractivity contribution in [1.82, 2.24) is 25.3 Å². The zero-order valence-electron chi connectivity index (χ0n) is 13.7. The highest BCUT2D eigenvalue weighted by Gasteiger charge is 2.15. The van der Waals surface area contributed by atoms with E-state index < -0.39 is 0 Å². The van der Waals surface area contributed by atoms with Crippen LogP contribution >= 0.6 is 0 Å². The third kappa shape index (κ3) is 4.15. The number of nitrogens with one attached hydrogen (secondary N) is 2. The minimum Gasteiger partial charge on any atom is -0.368 e. The molecule has 0 aliphatic carbocycles. The Morgan fingerprint density at radius 3 is 2.79 bits per heavy atom. The van der Waals surface area contributed by atoms with E-state index in [2.05, 4.69) is 35.5 Å². The van der Waals surface area contributed by atoms with Crippen molar-refractivity contribution in [1.29, 1.82) is 0 Å². The zero-order chi connectivity index (χ0) is 16.8. The van der Waals surface area contributed by atoms with Gasteiger partial charge >= 0.3 is 0 Å². The van der Waals surface area contributed by atoms with E-state index in [1.54, 1.807) is 0 Å². The van der Waals surface area contributed by atoms with E-state index in [0.29, 0.717) is 18.8 Å². The molecule has 0 bridgehead atoms. The third-order valence-corrected chi connectivity index (χ3v) is 3.77. The lowest BCUT2D eigenvalue weighted by molar-refractivity contribution is 0.0950. The van der Waals surface area contributed by atoms with E-state index in [1.807, 2.05) is 13.0 Å². The lowest BCUT2D eigenvalue weighted by Gasteiger charge is -2.17. The molecule has 3 rings (SSSR count). The molecule has 0 saturated carbocycles. The van der Waals surface area contributed by atoms with Crippen molar-refractivity contribution in [2.75, 3.05) is 36.4 Å². The molecule has 1 fully saturated rings. The van der Waals surface area contributed by atoms with E-state index >= 15 is 0 Å². The van der Waals surface area contributed by atoms with Crippen LogP contribution in [0.15, 0.2) is 24.7 Å². The van der Waals surface area contributed by atoms with E-state index in [4.69, 9.17) is 0 Å². The van der Waals surface area contributed by atoms with Gasteiger partial charge in [0.15, 0.2) is 0 Å². The Balaban J connectivity index is 1.50. The van der Waals surface area contributed by atoms with Gasteiger partial charge in [0.1, 0.15) is 23.2 Å². The van der Waals surface area contributed by atoms with Crippen molar-refractivity contribution in [3.63, 3.8) is 0 Å². The van der Waals surface area contributed by atoms with Gasteiger partial charge in [-0.3, -0.25) is 9.78 Å². The molecule has 0 unspecified atom stereocenters. The Hall–Kier alpha value is -2.77. The topological polar surface area (TPSA) is 95.9 Å². The molecule has 1 aliphatic rings. The fourth-order valence-electron chi connectivity index (χ4n) is 2.62. The molecule has 2 aromatic rings. The summed E-state index contributed by atoms with van der Waals surface area (Å²) in [6, 6.07) is 1.96. The van der Waals surface area contributed by atoms with Crippen molar-refractivity contribution < 1.29 is 4.79 Å². The van der Waals surface area contributed by atoms with E-state index in [1.165, 1.54) is 31.4 Å². The number of amides is 1. The number of rotatable bonds is 6. The summed E-state index contributed by atoms with van der Waals surface area (Å²) in [7, 11) is 0. The smallest absolute Gasteiger partial charge is 0.271 e. The van der Waals surface area contributed by atoms with Crippen LogP contribution in [-0.2, 0) is 0 Å². The Morgan fingerprint density at radius 2 is 2.04 bits per heavy atom. The predicted octanol–water partition coefficient (Wildman–Crippen LogP) is 1.02. The molecule has 1 saturated heterocycles. The maximum absolute atomic E-state index is 11.9. The monoisotopic (exact) mass is 327 g/mol. The van der Waals surface area contributed by atoms with Gasteiger partial charge in [0.2, 0.25) is 0 Å². The lowest BCUT2D eigenvalue weighted by atomic mass is 10.4. The molecule has 24 heavy (non-hydrogen) atoms. The Labute approximate surface area is 140 Å². The van der Waals surface area contributed by atoms with Crippen LogP contribution in [-0.4, -0.2) is 52.0 Å². The molecule has 0 spiro atoms. The van der Waals surface area contributed by atoms with Gasteiger partial charge in [-0.2, -0.15) is 0 Å². The number of carbonyl (C=O) groups is 1. The molecule has 0 aromatic carbocycles. The second kappa shape index (κ2) is 7.67. The Morgan fingerprint density at radius 1 is 1.21 bits per heavy atom. The molecule has 0 atom stereocenters. The van der Waals surface area contributed by atoms with Crippen molar-refractivity contribution >= 4 is 17.5 Å². The maximum Gasteiger partial charge on any atom is 0.271 e. The number of anilines is 2. The lowest BCUT2D eigenvalue weighted by Crippen LogP contribution is -2.29. The number of aryl methyl sites for hydroxylation is 1. The molecular formula is C16H21N7O. The average Bonchev–Trinajstić information content (AvgIpc) is 3.13. The molecule has 8 nitrogen and oxygen atoms in total. The van der Waals surface area contributed by atoms with Crippen LogP contribution in [0.1, 0.15) is 29.2 Å². The quantitative estimate of drug-likeness (QED) is 0.765. The minimum atomic E-state index is -0.235. The number of carbonyl (C=O) groups excluding carboxylic acids is 1. The van der Waals surface area contributed by atoms with Crippen LogP contribution in [0, 0.1) is 6.92 Å². The van der Waals surface area contributed by atoms with Gasteiger partial charge in [0, 0.05) is 44.6 Å². The first kappa shape index (κ1) is 16.1. The van der Waals surface area contributed by atoms with E-state index in [9.17, 15) is 4.79 Å². The van der Waals surface area contributed by atoms with Crippen LogP contribution in [0.3, 0.4) is 0 Å². The summed E-state index contributed by atoms with van der Waals surface area (Å²) in [5, 5.41) is 6.02. The first-order chi connectivity index (χ1) is 11.7. The van der Waals surface area contributed by atoms with Crippen LogP contribution in [0.25, 0.3) is 0 Å². The van der Waals surface area contributed by atoms with Crippen molar-refractivity contribution in [2.24, 2.45) is 0 Å². The summed E-state index contributed by atoms with van der Waals surface area (Å²) < 4.78 is 0. The maximum atomic E-state index is 11.9. The first-order valence-electron chi connectivity index (χ1n) is 8.11. The van der Waals surface area contributed by atoms with Crippen LogP contribution in [0.5, 0.6) is 0 Å². The predicted molar refractivity (Wildman–Crippen MR) is 91.1 cm³/mol. The molecule has 2 N–H and O–H groups in total. The average molecular weight is 327 g/mol. The molecule has 2 aromatic heterocycles. The summed E-state index contributed by atoms with van der Waals surface area (Å²) in [6.07, 6.45) is 6.89. The number of hydrogen-bond donors (Lipinski definition) is 2. The fourth-order valence-corrected chi connectivity index (χ4v) is 2.62. The van der Waals surface area contributed by atoms with Crippen LogP contribution in [0.4, 0.5) is 11.6 Å². The third-order valence-electron chi connectivity index (χ3n) is 3.77. The molecular weight excluding hydrogens is 306 g/mol. The van der Waals surface area contributed by atoms with Gasteiger partial charge in [-0.1, -0.05) is 0 Å². The summed E-state index contributed by atoms with van der Waals surface area (Å²) >= 11 is 0. The fraction of sp³-hybridized carbons (Fsp3) is 0.438. The van der Waals surface area contributed by atoms with Crippen molar-refractivity contribution in [3.05, 3.63) is 36.2 Å². The number of nitrogens with zero attached hydrogens (tertiary/aromatic N) is 5. The number of hydrogen-bond acceptors (Lipinski definition) is 7. The minimum absolute atomic E-state index is 0.235. The van der Waals surface area contributed by atoms with Gasteiger partial charge < -0.3 is 15.5 Å². The molecule has 8 heteroatoms. The molecule has 3 heterocycles. The number of aromatic nitrogens is 4. The van der Waals surface area contributed by atoms with E-state index in [0.717, 1.165) is 30.5 Å². The van der Waals surface area contributed by atoms with Gasteiger partial charge in [-0.15, -0.1) is 0 Å². The normalized spacial score (nSPS) is 13.8. The first-order valence-corrected chi connectivity index (χ1v) is 8.11. The zero-order valence-corrected chi connectivity index (χ0v) is 13.7. The highest BCUT2D eigenvalue weighted by Crippen LogP contribution is 2.20. The van der Waals surface area contributed by atoms with Crippen molar-refractivity contribution in [2.45, 2.75) is 19.8 Å². The standard InChI is InChI=1S/C16H21N7O/c1-12-21-14(10-15(22-12)23-8-2-3-9-23)19-6-7-20-16(24)13-11-17-4-5-18-13/h4-5,10-11H,2-3,6-9H2,1H3,(H,20,24)(H,19,21,22). The van der Waals surface area contributed by atoms with Gasteiger partial charge in [-0.25, -0.2) is 15.0 Å². The van der Waals surface area contributed by atoms with Crippen molar-refractivity contribution in [3.8, 4) is 0 Å². The van der Waals surface area contributed by atoms with Crippen LogP contribution < -0.4 is 15.5 Å². The molecule has 1 aliphatic heterocycles. The van der Waals surface area contributed by atoms with Gasteiger partial charge in [0.05, 0.1) is 6.20 Å². The van der Waals surface area contributed by atoms with E-state index in [-0.39, 0.29) is 5.91 Å². The summed E-state index contributed by atoms with van der Waals surface area (Å²) in [6.45, 7) is 5.02. The SMILES string of the molecule is Cc1nc(NCCNC(=O)c2cnccn2)cc(N2CCCC2)n1. The molecule has 126 valence electrons. The molecule has 1 amide bonds. The highest BCUT2D eigenvalue weighted by atomic mass is 16.1. The second-order valence-electron chi connectivity index (χ2n) is 5.63. The summed E-state index contributed by atoms with van der Waals surface area (Å²) in [4.78, 5) is 30.9. The van der Waals surface area contributed by atoms with Gasteiger partial charge in [0.25, 0.3) is 5.91 Å². The Kier molecular flexibility index (Phi) is 5.15. The highest BCUT2D eigenvalue weighted by molar-refractivity contribution is 5.91. The largest absolute Gasteiger partial charge is 0.368 e. The van der Waals surface area contributed by atoms with Gasteiger partial charge in [-0.05, 0) is 19.8 Å². The summed E-state index contributed by atoms with van der Waals surface area (Å²) in [5.41, 5.74) is 0.312. The Bertz CT molecular complexity index is 686. The second-order valence-corrected chi connectivity index (χ2v) is 5.63. The summed E-state index contributed by atoms with van der Waals surface area (Å²) in [5.74, 6) is 2.25. The molecule has 0 radical (unpaired) electrons.